The third-order valence-electron chi connectivity index (χ3n) is 4.26. The highest BCUT2D eigenvalue weighted by molar-refractivity contribution is 7.13. The molecule has 124 valence electrons. The number of thiophene rings is 1. The lowest BCUT2D eigenvalue weighted by Crippen LogP contribution is -2.42. The summed E-state index contributed by atoms with van der Waals surface area (Å²) in [7, 11) is 0. The monoisotopic (exact) mass is 334 g/mol. The number of nitrogens with one attached hydrogen (secondary N) is 1. The van der Waals surface area contributed by atoms with E-state index >= 15 is 0 Å². The maximum Gasteiger partial charge on any atom is 0.246 e. The summed E-state index contributed by atoms with van der Waals surface area (Å²) in [6.07, 6.45) is 4.72. The Bertz CT molecular complexity index is 624. The molecule has 0 unspecified atom stereocenters. The number of amides is 1. The van der Waals surface area contributed by atoms with Crippen molar-refractivity contribution in [3.63, 3.8) is 0 Å². The molecule has 1 amide bonds. The Hall–Kier alpha value is -1.66. The molecule has 3 rings (SSSR count). The normalized spacial score (nSPS) is 21.3. The number of nitrogens with zero attached hydrogens (tertiary/aromatic N) is 1. The molecule has 0 spiro atoms. The second-order valence-electron chi connectivity index (χ2n) is 6.09. The summed E-state index contributed by atoms with van der Waals surface area (Å²) in [5, 5.41) is 9.04. The smallest absolute Gasteiger partial charge is 0.246 e. The summed E-state index contributed by atoms with van der Waals surface area (Å²) in [5.74, 6) is 1.24. The fourth-order valence-corrected chi connectivity index (χ4v) is 3.62. The van der Waals surface area contributed by atoms with Gasteiger partial charge in [-0.25, -0.2) is 0 Å². The SMILES string of the molecule is C[C@H]1CCCC[C@@H]1NC(=O)COCc1cc(-c2cccs2)on1. The first kappa shape index (κ1) is 16.2. The molecule has 0 radical (unpaired) electrons. The molecule has 2 aromatic heterocycles. The van der Waals surface area contributed by atoms with E-state index in [4.69, 9.17) is 9.26 Å². The molecular weight excluding hydrogens is 312 g/mol. The summed E-state index contributed by atoms with van der Waals surface area (Å²) in [6.45, 7) is 2.54. The Morgan fingerprint density at radius 2 is 2.35 bits per heavy atom. The maximum absolute atomic E-state index is 12.0. The van der Waals surface area contributed by atoms with Gasteiger partial charge in [0.1, 0.15) is 12.3 Å². The van der Waals surface area contributed by atoms with Crippen molar-refractivity contribution in [3.8, 4) is 10.6 Å². The number of carbonyl (C=O) groups is 1. The van der Waals surface area contributed by atoms with E-state index in [1.807, 2.05) is 23.6 Å². The van der Waals surface area contributed by atoms with E-state index in [1.54, 1.807) is 11.3 Å². The van der Waals surface area contributed by atoms with Gasteiger partial charge in [0.2, 0.25) is 5.91 Å². The molecule has 2 atom stereocenters. The van der Waals surface area contributed by atoms with Crippen LogP contribution in [0, 0.1) is 5.92 Å². The van der Waals surface area contributed by atoms with Gasteiger partial charge >= 0.3 is 0 Å². The molecule has 0 aliphatic heterocycles. The molecule has 1 fully saturated rings. The number of rotatable bonds is 6. The molecule has 1 aliphatic carbocycles. The predicted octanol–water partition coefficient (Wildman–Crippen LogP) is 3.61. The lowest BCUT2D eigenvalue weighted by atomic mass is 9.86. The molecule has 0 aromatic carbocycles. The molecule has 1 aliphatic rings. The Morgan fingerprint density at radius 3 is 3.13 bits per heavy atom. The topological polar surface area (TPSA) is 64.4 Å². The molecule has 23 heavy (non-hydrogen) atoms. The highest BCUT2D eigenvalue weighted by atomic mass is 32.1. The molecule has 0 bridgehead atoms. The summed E-state index contributed by atoms with van der Waals surface area (Å²) >= 11 is 1.60. The van der Waals surface area contributed by atoms with Crippen molar-refractivity contribution >= 4 is 17.2 Å². The zero-order valence-electron chi connectivity index (χ0n) is 13.3. The molecule has 5 nitrogen and oxygen atoms in total. The Morgan fingerprint density at radius 1 is 1.48 bits per heavy atom. The summed E-state index contributed by atoms with van der Waals surface area (Å²) in [4.78, 5) is 13.0. The van der Waals surface area contributed by atoms with Gasteiger partial charge < -0.3 is 14.6 Å². The average molecular weight is 334 g/mol. The fraction of sp³-hybridized carbons (Fsp3) is 0.529. The lowest BCUT2D eigenvalue weighted by Gasteiger charge is -2.29. The van der Waals surface area contributed by atoms with E-state index in [2.05, 4.69) is 17.4 Å². The zero-order chi connectivity index (χ0) is 16.1. The average Bonchev–Trinajstić information content (AvgIpc) is 3.20. The van der Waals surface area contributed by atoms with Crippen LogP contribution in [-0.4, -0.2) is 23.7 Å². The van der Waals surface area contributed by atoms with Gasteiger partial charge in [-0.3, -0.25) is 4.79 Å². The molecule has 0 saturated heterocycles. The maximum atomic E-state index is 12.0. The number of hydrogen-bond donors (Lipinski definition) is 1. The van der Waals surface area contributed by atoms with Crippen LogP contribution in [0.25, 0.3) is 10.6 Å². The van der Waals surface area contributed by atoms with Gasteiger partial charge in [-0.05, 0) is 30.2 Å². The number of carbonyl (C=O) groups excluding carboxylic acids is 1. The highest BCUT2D eigenvalue weighted by Gasteiger charge is 2.22. The van der Waals surface area contributed by atoms with Gasteiger partial charge in [-0.15, -0.1) is 11.3 Å². The van der Waals surface area contributed by atoms with Crippen molar-refractivity contribution in [2.24, 2.45) is 5.92 Å². The third-order valence-corrected chi connectivity index (χ3v) is 5.15. The van der Waals surface area contributed by atoms with E-state index in [-0.39, 0.29) is 25.2 Å². The highest BCUT2D eigenvalue weighted by Crippen LogP contribution is 2.25. The molecule has 2 heterocycles. The van der Waals surface area contributed by atoms with E-state index in [0.29, 0.717) is 11.6 Å². The van der Waals surface area contributed by atoms with Crippen LogP contribution in [0.15, 0.2) is 28.1 Å². The number of ether oxygens (including phenoxy) is 1. The van der Waals surface area contributed by atoms with Crippen LogP contribution < -0.4 is 5.32 Å². The van der Waals surface area contributed by atoms with E-state index in [1.165, 1.54) is 19.3 Å². The molecule has 6 heteroatoms. The predicted molar refractivity (Wildman–Crippen MR) is 89.0 cm³/mol. The minimum Gasteiger partial charge on any atom is -0.365 e. The second kappa shape index (κ2) is 7.75. The van der Waals surface area contributed by atoms with Gasteiger partial charge in [0.25, 0.3) is 0 Å². The van der Waals surface area contributed by atoms with Crippen molar-refractivity contribution in [1.29, 1.82) is 0 Å². The molecule has 2 aromatic rings. The zero-order valence-corrected chi connectivity index (χ0v) is 14.1. The van der Waals surface area contributed by atoms with Crippen LogP contribution in [0.1, 0.15) is 38.3 Å². The fourth-order valence-electron chi connectivity index (χ4n) is 2.94. The van der Waals surface area contributed by atoms with Crippen molar-refractivity contribution < 1.29 is 14.1 Å². The third kappa shape index (κ3) is 4.42. The molecular formula is C17H22N2O3S. The first-order valence-electron chi connectivity index (χ1n) is 8.09. The minimum absolute atomic E-state index is 0.0503. The van der Waals surface area contributed by atoms with Crippen LogP contribution in [0.3, 0.4) is 0 Å². The van der Waals surface area contributed by atoms with Crippen molar-refractivity contribution in [2.45, 2.75) is 45.3 Å². The van der Waals surface area contributed by atoms with Gasteiger partial charge in [-0.2, -0.15) is 0 Å². The van der Waals surface area contributed by atoms with E-state index in [9.17, 15) is 4.79 Å². The lowest BCUT2D eigenvalue weighted by molar-refractivity contribution is -0.127. The van der Waals surface area contributed by atoms with Crippen LogP contribution in [0.2, 0.25) is 0 Å². The van der Waals surface area contributed by atoms with Gasteiger partial charge in [0, 0.05) is 12.1 Å². The van der Waals surface area contributed by atoms with Gasteiger partial charge in [0.05, 0.1) is 11.5 Å². The Kier molecular flexibility index (Phi) is 5.46. The van der Waals surface area contributed by atoms with Crippen LogP contribution >= 0.6 is 11.3 Å². The Labute approximate surface area is 140 Å². The summed E-state index contributed by atoms with van der Waals surface area (Å²) in [6, 6.07) is 6.09. The van der Waals surface area contributed by atoms with Crippen LogP contribution in [-0.2, 0) is 16.1 Å². The van der Waals surface area contributed by atoms with E-state index in [0.717, 1.165) is 17.1 Å². The first-order chi connectivity index (χ1) is 11.2. The Balaban J connectivity index is 1.41. The largest absolute Gasteiger partial charge is 0.365 e. The minimum atomic E-state index is -0.0503. The van der Waals surface area contributed by atoms with E-state index < -0.39 is 0 Å². The number of aromatic nitrogens is 1. The second-order valence-corrected chi connectivity index (χ2v) is 7.04. The van der Waals surface area contributed by atoms with Crippen LogP contribution in [0.4, 0.5) is 0 Å². The van der Waals surface area contributed by atoms with Crippen LogP contribution in [0.5, 0.6) is 0 Å². The molecule has 1 N–H and O–H groups in total. The summed E-state index contributed by atoms with van der Waals surface area (Å²) < 4.78 is 10.7. The van der Waals surface area contributed by atoms with Gasteiger partial charge in [0.15, 0.2) is 5.76 Å². The van der Waals surface area contributed by atoms with Crippen molar-refractivity contribution in [1.82, 2.24) is 10.5 Å². The quantitative estimate of drug-likeness (QED) is 0.876. The first-order valence-corrected chi connectivity index (χ1v) is 8.97. The standard InChI is InChI=1S/C17H22N2O3S/c1-12-5-2-3-6-14(12)18-17(20)11-21-10-13-9-15(22-19-13)16-7-4-8-23-16/h4,7-9,12,14H,2-3,5-6,10-11H2,1H3,(H,18,20)/t12-,14-/m0/s1. The van der Waals surface area contributed by atoms with Gasteiger partial charge in [-0.1, -0.05) is 31.0 Å². The number of hydrogen-bond acceptors (Lipinski definition) is 5. The molecule has 1 saturated carbocycles. The van der Waals surface area contributed by atoms with Crippen molar-refractivity contribution in [2.75, 3.05) is 6.61 Å². The summed E-state index contributed by atoms with van der Waals surface area (Å²) in [5.41, 5.74) is 0.701. The van der Waals surface area contributed by atoms with Crippen molar-refractivity contribution in [3.05, 3.63) is 29.3 Å².